The molecule has 2 N–H and O–H groups in total. The van der Waals surface area contributed by atoms with Crippen molar-refractivity contribution in [2.45, 2.75) is 18.9 Å². The Bertz CT molecular complexity index is 356. The van der Waals surface area contributed by atoms with E-state index < -0.39 is 16.1 Å². The number of likely N-dealkylation sites (tertiary alicyclic amines) is 1. The van der Waals surface area contributed by atoms with Crippen molar-refractivity contribution in [2.24, 2.45) is 0 Å². The van der Waals surface area contributed by atoms with Gasteiger partial charge in [0.2, 0.25) is 10.0 Å². The number of hydrogen-bond acceptors (Lipinski definition) is 5. The molecule has 1 saturated heterocycles. The fraction of sp³-hybridized carbons (Fsp3) is 0.889. The highest BCUT2D eigenvalue weighted by atomic mass is 32.2. The summed E-state index contributed by atoms with van der Waals surface area (Å²) in [6.45, 7) is 0.591. The number of amides is 1. The number of carbonyl (C=O) groups excluding carboxylic acids is 1. The molecule has 0 aliphatic carbocycles. The van der Waals surface area contributed by atoms with Crippen LogP contribution in [0.1, 0.15) is 12.8 Å². The van der Waals surface area contributed by atoms with Gasteiger partial charge in [0.15, 0.2) is 0 Å². The van der Waals surface area contributed by atoms with Crippen LogP contribution in [0.25, 0.3) is 0 Å². The number of hydrogen-bond donors (Lipinski definition) is 2. The van der Waals surface area contributed by atoms with E-state index in [1.165, 1.54) is 4.90 Å². The third-order valence-corrected chi connectivity index (χ3v) is 3.14. The molecule has 1 aliphatic rings. The number of rotatable bonds is 4. The van der Waals surface area contributed by atoms with Gasteiger partial charge in [0.1, 0.15) is 6.61 Å². The van der Waals surface area contributed by atoms with E-state index in [4.69, 9.17) is 9.84 Å². The van der Waals surface area contributed by atoms with Gasteiger partial charge in [-0.3, -0.25) is 0 Å². The summed E-state index contributed by atoms with van der Waals surface area (Å²) in [6.07, 6.45) is 2.01. The highest BCUT2D eigenvalue weighted by molar-refractivity contribution is 7.88. The third-order valence-electron chi connectivity index (χ3n) is 2.38. The molecule has 100 valence electrons. The predicted molar refractivity (Wildman–Crippen MR) is 61.0 cm³/mol. The summed E-state index contributed by atoms with van der Waals surface area (Å²) in [6, 6.07) is -0.263. The Morgan fingerprint density at radius 1 is 1.59 bits per heavy atom. The molecule has 1 fully saturated rings. The molecule has 1 rings (SSSR count). The zero-order valence-electron chi connectivity index (χ0n) is 9.76. The number of piperidine rings is 1. The van der Waals surface area contributed by atoms with Crippen molar-refractivity contribution >= 4 is 16.1 Å². The molecule has 7 nitrogen and oxygen atoms in total. The first-order valence-corrected chi connectivity index (χ1v) is 7.31. The quantitative estimate of drug-likeness (QED) is 0.689. The number of aliphatic hydroxyl groups excluding tert-OH is 1. The summed E-state index contributed by atoms with van der Waals surface area (Å²) in [5, 5.41) is 8.53. The second-order valence-electron chi connectivity index (χ2n) is 4.01. The van der Waals surface area contributed by atoms with E-state index in [0.29, 0.717) is 19.5 Å². The predicted octanol–water partition coefficient (Wildman–Crippen LogP) is -0.871. The van der Waals surface area contributed by atoms with Crippen LogP contribution in [0.15, 0.2) is 0 Å². The molecule has 17 heavy (non-hydrogen) atoms. The molecule has 8 heteroatoms. The second kappa shape index (κ2) is 6.18. The van der Waals surface area contributed by atoms with Crippen molar-refractivity contribution < 1.29 is 23.1 Å². The topological polar surface area (TPSA) is 95.9 Å². The number of aliphatic hydroxyl groups is 1. The summed E-state index contributed by atoms with van der Waals surface area (Å²) < 4.78 is 29.4. The van der Waals surface area contributed by atoms with Gasteiger partial charge in [-0.2, -0.15) is 0 Å². The SMILES string of the molecule is CS(=O)(=O)NC1CCCN(C(=O)OCCO)C1. The van der Waals surface area contributed by atoms with E-state index in [-0.39, 0.29) is 19.3 Å². The summed E-state index contributed by atoms with van der Waals surface area (Å²) >= 11 is 0. The molecule has 0 saturated carbocycles. The van der Waals surface area contributed by atoms with Crippen molar-refractivity contribution in [1.82, 2.24) is 9.62 Å². The van der Waals surface area contributed by atoms with Crippen LogP contribution < -0.4 is 4.72 Å². The Balaban J connectivity index is 2.46. The van der Waals surface area contributed by atoms with Gasteiger partial charge < -0.3 is 14.7 Å². The molecule has 0 spiro atoms. The maximum absolute atomic E-state index is 11.5. The van der Waals surface area contributed by atoms with Gasteiger partial charge in [0.05, 0.1) is 12.9 Å². The lowest BCUT2D eigenvalue weighted by molar-refractivity contribution is 0.0751. The summed E-state index contributed by atoms with van der Waals surface area (Å²) in [5.41, 5.74) is 0. The average Bonchev–Trinajstić information content (AvgIpc) is 2.24. The smallest absolute Gasteiger partial charge is 0.409 e. The highest BCUT2D eigenvalue weighted by Gasteiger charge is 2.26. The van der Waals surface area contributed by atoms with Crippen LogP contribution in [0, 0.1) is 0 Å². The number of nitrogens with one attached hydrogen (secondary N) is 1. The number of sulfonamides is 1. The Morgan fingerprint density at radius 3 is 2.88 bits per heavy atom. The van der Waals surface area contributed by atoms with Crippen molar-refractivity contribution in [2.75, 3.05) is 32.6 Å². The van der Waals surface area contributed by atoms with Crippen molar-refractivity contribution in [3.63, 3.8) is 0 Å². The highest BCUT2D eigenvalue weighted by Crippen LogP contribution is 2.11. The molecule has 1 atom stereocenters. The molecule has 1 amide bonds. The summed E-state index contributed by atoms with van der Waals surface area (Å²) in [7, 11) is -3.26. The van der Waals surface area contributed by atoms with Crippen LogP contribution in [0.4, 0.5) is 4.79 Å². The van der Waals surface area contributed by atoms with Gasteiger partial charge in [-0.25, -0.2) is 17.9 Å². The molecule has 0 aromatic carbocycles. The van der Waals surface area contributed by atoms with Gasteiger partial charge in [-0.05, 0) is 12.8 Å². The number of carbonyl (C=O) groups is 1. The average molecular weight is 266 g/mol. The van der Waals surface area contributed by atoms with Gasteiger partial charge in [-0.15, -0.1) is 0 Å². The van der Waals surface area contributed by atoms with Crippen molar-refractivity contribution in [3.05, 3.63) is 0 Å². The summed E-state index contributed by atoms with van der Waals surface area (Å²) in [4.78, 5) is 12.9. The third kappa shape index (κ3) is 5.33. The normalized spacial score (nSPS) is 21.3. The monoisotopic (exact) mass is 266 g/mol. The van der Waals surface area contributed by atoms with E-state index >= 15 is 0 Å². The van der Waals surface area contributed by atoms with Crippen LogP contribution in [0.2, 0.25) is 0 Å². The fourth-order valence-electron chi connectivity index (χ4n) is 1.77. The van der Waals surface area contributed by atoms with Crippen LogP contribution in [-0.4, -0.2) is 63.1 Å². The Morgan fingerprint density at radius 2 is 2.29 bits per heavy atom. The van der Waals surface area contributed by atoms with Crippen LogP contribution in [0.5, 0.6) is 0 Å². The lowest BCUT2D eigenvalue weighted by Crippen LogP contribution is -2.49. The standard InChI is InChI=1S/C9H18N2O5S/c1-17(14,15)10-8-3-2-4-11(7-8)9(13)16-6-5-12/h8,10,12H,2-7H2,1H3. The van der Waals surface area contributed by atoms with Crippen molar-refractivity contribution in [1.29, 1.82) is 0 Å². The maximum Gasteiger partial charge on any atom is 0.409 e. The van der Waals surface area contributed by atoms with Gasteiger partial charge in [0.25, 0.3) is 0 Å². The minimum absolute atomic E-state index is 0.0422. The maximum atomic E-state index is 11.5. The van der Waals surface area contributed by atoms with Crippen LogP contribution in [0.3, 0.4) is 0 Å². The van der Waals surface area contributed by atoms with Crippen LogP contribution >= 0.6 is 0 Å². The first kappa shape index (κ1) is 14.2. The minimum atomic E-state index is -3.26. The summed E-state index contributed by atoms with van der Waals surface area (Å²) in [5.74, 6) is 0. The second-order valence-corrected chi connectivity index (χ2v) is 5.79. The molecule has 1 aliphatic heterocycles. The van der Waals surface area contributed by atoms with Crippen LogP contribution in [-0.2, 0) is 14.8 Å². The minimum Gasteiger partial charge on any atom is -0.447 e. The molecule has 1 heterocycles. The molecular weight excluding hydrogens is 248 g/mol. The Labute approximate surface area is 101 Å². The van der Waals surface area contributed by atoms with Gasteiger partial charge in [0, 0.05) is 19.1 Å². The molecule has 1 unspecified atom stereocenters. The van der Waals surface area contributed by atoms with Gasteiger partial charge >= 0.3 is 6.09 Å². The lowest BCUT2D eigenvalue weighted by Gasteiger charge is -2.31. The molecule has 0 aromatic heterocycles. The molecule has 0 radical (unpaired) electrons. The van der Waals surface area contributed by atoms with Gasteiger partial charge in [-0.1, -0.05) is 0 Å². The van der Waals surface area contributed by atoms with E-state index in [1.54, 1.807) is 0 Å². The van der Waals surface area contributed by atoms with Crippen molar-refractivity contribution in [3.8, 4) is 0 Å². The first-order valence-electron chi connectivity index (χ1n) is 5.42. The Hall–Kier alpha value is -0.860. The zero-order valence-corrected chi connectivity index (χ0v) is 10.6. The van der Waals surface area contributed by atoms with E-state index in [0.717, 1.165) is 12.7 Å². The first-order chi connectivity index (χ1) is 7.92. The van der Waals surface area contributed by atoms with E-state index in [2.05, 4.69) is 4.72 Å². The van der Waals surface area contributed by atoms with E-state index in [1.807, 2.05) is 0 Å². The number of ether oxygens (including phenoxy) is 1. The fourth-order valence-corrected chi connectivity index (χ4v) is 2.56. The lowest BCUT2D eigenvalue weighted by atomic mass is 10.1. The molecule has 0 aromatic rings. The Kier molecular flexibility index (Phi) is 5.16. The van der Waals surface area contributed by atoms with E-state index in [9.17, 15) is 13.2 Å². The number of nitrogens with zero attached hydrogens (tertiary/aromatic N) is 1. The largest absolute Gasteiger partial charge is 0.447 e. The molecule has 0 bridgehead atoms. The molecular formula is C9H18N2O5S. The zero-order chi connectivity index (χ0) is 12.9.